The molecule has 0 saturated carbocycles. The highest BCUT2D eigenvalue weighted by Gasteiger charge is 2.12. The van der Waals surface area contributed by atoms with Gasteiger partial charge < -0.3 is 20.3 Å². The van der Waals surface area contributed by atoms with Gasteiger partial charge in [-0.1, -0.05) is 5.16 Å². The molecule has 6 nitrogen and oxygen atoms in total. The van der Waals surface area contributed by atoms with Gasteiger partial charge in [-0.3, -0.25) is 4.79 Å². The molecule has 2 rings (SSSR count). The number of aryl methyl sites for hydroxylation is 1. The number of nitrogens with one attached hydrogen (secondary N) is 1. The van der Waals surface area contributed by atoms with Crippen molar-refractivity contribution in [3.63, 3.8) is 0 Å². The Kier molecular flexibility index (Phi) is 3.18. The molecule has 6 heteroatoms. The fourth-order valence-corrected chi connectivity index (χ4v) is 1.43. The summed E-state index contributed by atoms with van der Waals surface area (Å²) in [6.07, 6.45) is 0. The van der Waals surface area contributed by atoms with Gasteiger partial charge in [0, 0.05) is 12.1 Å². The third-order valence-corrected chi connectivity index (χ3v) is 2.37. The molecule has 0 aliphatic heterocycles. The van der Waals surface area contributed by atoms with Crippen LogP contribution in [-0.2, 0) is 0 Å². The van der Waals surface area contributed by atoms with Crippen molar-refractivity contribution in [3.8, 4) is 5.75 Å². The largest absolute Gasteiger partial charge is 0.497 e. The summed E-state index contributed by atoms with van der Waals surface area (Å²) in [5, 5.41) is 6.27. The zero-order valence-corrected chi connectivity index (χ0v) is 10.1. The molecule has 1 aromatic heterocycles. The molecule has 0 aliphatic carbocycles. The van der Waals surface area contributed by atoms with Gasteiger partial charge >= 0.3 is 0 Å². The first-order chi connectivity index (χ1) is 8.60. The topological polar surface area (TPSA) is 90.4 Å². The summed E-state index contributed by atoms with van der Waals surface area (Å²) in [5.74, 6) is 0.793. The Bertz CT molecular complexity index is 578. The van der Waals surface area contributed by atoms with Crippen molar-refractivity contribution >= 4 is 17.3 Å². The first-order valence-corrected chi connectivity index (χ1v) is 5.28. The lowest BCUT2D eigenvalue weighted by atomic mass is 10.2. The minimum atomic E-state index is -0.383. The minimum Gasteiger partial charge on any atom is -0.497 e. The molecule has 2 aromatic rings. The molecule has 0 aliphatic rings. The first kappa shape index (κ1) is 12.0. The van der Waals surface area contributed by atoms with E-state index in [4.69, 9.17) is 15.0 Å². The maximum absolute atomic E-state index is 11.8. The van der Waals surface area contributed by atoms with Gasteiger partial charge in [0.1, 0.15) is 11.5 Å². The van der Waals surface area contributed by atoms with Gasteiger partial charge in [-0.25, -0.2) is 0 Å². The number of rotatable bonds is 3. The van der Waals surface area contributed by atoms with Gasteiger partial charge in [-0.05, 0) is 19.1 Å². The van der Waals surface area contributed by atoms with E-state index in [0.29, 0.717) is 22.9 Å². The van der Waals surface area contributed by atoms with Crippen LogP contribution in [-0.4, -0.2) is 18.2 Å². The van der Waals surface area contributed by atoms with E-state index in [-0.39, 0.29) is 11.6 Å². The average Bonchev–Trinajstić information content (AvgIpc) is 2.79. The molecule has 94 valence electrons. The zero-order valence-electron chi connectivity index (χ0n) is 10.1. The smallest absolute Gasteiger partial charge is 0.277 e. The molecule has 3 N–H and O–H groups in total. The summed E-state index contributed by atoms with van der Waals surface area (Å²) in [7, 11) is 1.54. The lowest BCUT2D eigenvalue weighted by Crippen LogP contribution is -2.13. The molecule has 0 fully saturated rings. The maximum Gasteiger partial charge on any atom is 0.277 e. The van der Waals surface area contributed by atoms with Crippen molar-refractivity contribution < 1.29 is 14.1 Å². The number of ether oxygens (including phenoxy) is 1. The van der Waals surface area contributed by atoms with Crippen LogP contribution in [0.2, 0.25) is 0 Å². The van der Waals surface area contributed by atoms with Crippen LogP contribution >= 0.6 is 0 Å². The predicted octanol–water partition coefficient (Wildman–Crippen LogP) is 1.83. The lowest BCUT2D eigenvalue weighted by Gasteiger charge is -2.08. The second kappa shape index (κ2) is 4.79. The summed E-state index contributed by atoms with van der Waals surface area (Å²) < 4.78 is 9.89. The van der Waals surface area contributed by atoms with Gasteiger partial charge in [-0.2, -0.15) is 0 Å². The number of nitrogens with zero attached hydrogens (tertiary/aromatic N) is 1. The Morgan fingerprint density at radius 3 is 2.83 bits per heavy atom. The number of hydrogen-bond donors (Lipinski definition) is 2. The van der Waals surface area contributed by atoms with E-state index >= 15 is 0 Å². The van der Waals surface area contributed by atoms with Crippen molar-refractivity contribution in [2.75, 3.05) is 18.2 Å². The van der Waals surface area contributed by atoms with Crippen molar-refractivity contribution in [1.82, 2.24) is 5.16 Å². The van der Waals surface area contributed by atoms with Gasteiger partial charge in [0.2, 0.25) is 0 Å². The van der Waals surface area contributed by atoms with E-state index in [9.17, 15) is 4.79 Å². The van der Waals surface area contributed by atoms with E-state index in [0.717, 1.165) is 0 Å². The molecule has 0 spiro atoms. The van der Waals surface area contributed by atoms with Gasteiger partial charge in [0.25, 0.3) is 5.91 Å². The third-order valence-electron chi connectivity index (χ3n) is 2.37. The highest BCUT2D eigenvalue weighted by Crippen LogP contribution is 2.24. The van der Waals surface area contributed by atoms with Crippen LogP contribution in [0.4, 0.5) is 11.4 Å². The number of nitrogens with two attached hydrogens (primary N) is 1. The molecule has 1 amide bonds. The van der Waals surface area contributed by atoms with Crippen molar-refractivity contribution in [2.45, 2.75) is 6.92 Å². The van der Waals surface area contributed by atoms with E-state index in [1.54, 1.807) is 31.2 Å². The molecule has 1 heterocycles. The molecule has 0 saturated heterocycles. The van der Waals surface area contributed by atoms with Crippen LogP contribution < -0.4 is 15.8 Å². The lowest BCUT2D eigenvalue weighted by molar-refractivity contribution is 0.101. The Balaban J connectivity index is 2.21. The fourth-order valence-electron chi connectivity index (χ4n) is 1.43. The van der Waals surface area contributed by atoms with Gasteiger partial charge in [-0.15, -0.1) is 0 Å². The number of amides is 1. The number of methoxy groups -OCH3 is 1. The van der Waals surface area contributed by atoms with Crippen LogP contribution in [0.15, 0.2) is 28.8 Å². The molecule has 0 radical (unpaired) electrons. The van der Waals surface area contributed by atoms with E-state index in [1.165, 1.54) is 7.11 Å². The van der Waals surface area contributed by atoms with Crippen LogP contribution in [0.3, 0.4) is 0 Å². The number of carbonyl (C=O) groups excluding carboxylic acids is 1. The molecule has 18 heavy (non-hydrogen) atoms. The number of hydrogen-bond acceptors (Lipinski definition) is 5. The monoisotopic (exact) mass is 247 g/mol. The van der Waals surface area contributed by atoms with Crippen molar-refractivity contribution in [1.29, 1.82) is 0 Å². The number of anilines is 2. The van der Waals surface area contributed by atoms with Crippen LogP contribution in [0, 0.1) is 6.92 Å². The fraction of sp³-hybridized carbons (Fsp3) is 0.167. The predicted molar refractivity (Wildman–Crippen MR) is 66.6 cm³/mol. The third kappa shape index (κ3) is 2.42. The van der Waals surface area contributed by atoms with Crippen molar-refractivity contribution in [2.24, 2.45) is 0 Å². The number of aromatic nitrogens is 1. The van der Waals surface area contributed by atoms with E-state index < -0.39 is 0 Å². The molecular weight excluding hydrogens is 234 g/mol. The molecular formula is C12H13N3O3. The summed E-state index contributed by atoms with van der Waals surface area (Å²) in [6, 6.07) is 6.56. The standard InChI is InChI=1S/C12H13N3O3/c1-7-5-11(15-18-7)12(16)14-10-6-8(17-2)3-4-9(10)13/h3-6H,13H2,1-2H3,(H,14,16). The molecule has 1 aromatic carbocycles. The number of carbonyl (C=O) groups is 1. The van der Waals surface area contributed by atoms with E-state index in [2.05, 4.69) is 10.5 Å². The minimum absolute atomic E-state index is 0.203. The Hall–Kier alpha value is -2.50. The Morgan fingerprint density at radius 2 is 2.22 bits per heavy atom. The maximum atomic E-state index is 11.8. The second-order valence-corrected chi connectivity index (χ2v) is 3.73. The van der Waals surface area contributed by atoms with Gasteiger partial charge in [0.05, 0.1) is 18.5 Å². The van der Waals surface area contributed by atoms with Crippen LogP contribution in [0.5, 0.6) is 5.75 Å². The molecule has 0 unspecified atom stereocenters. The summed E-state index contributed by atoms with van der Waals surface area (Å²) in [6.45, 7) is 1.71. The molecule has 0 bridgehead atoms. The van der Waals surface area contributed by atoms with Crippen molar-refractivity contribution in [3.05, 3.63) is 35.7 Å². The highest BCUT2D eigenvalue weighted by molar-refractivity contribution is 6.04. The zero-order chi connectivity index (χ0) is 13.1. The summed E-state index contributed by atoms with van der Waals surface area (Å²) in [4.78, 5) is 11.8. The quantitative estimate of drug-likeness (QED) is 0.807. The average molecular weight is 247 g/mol. The first-order valence-electron chi connectivity index (χ1n) is 5.28. The molecule has 0 atom stereocenters. The normalized spacial score (nSPS) is 10.1. The summed E-state index contributed by atoms with van der Waals surface area (Å²) in [5.41, 5.74) is 6.89. The van der Waals surface area contributed by atoms with Gasteiger partial charge in [0.15, 0.2) is 5.69 Å². The Morgan fingerprint density at radius 1 is 1.44 bits per heavy atom. The number of benzene rings is 1. The van der Waals surface area contributed by atoms with Crippen LogP contribution in [0.1, 0.15) is 16.2 Å². The SMILES string of the molecule is COc1ccc(N)c(NC(=O)c2cc(C)on2)c1. The van der Waals surface area contributed by atoms with E-state index in [1.807, 2.05) is 0 Å². The van der Waals surface area contributed by atoms with Crippen LogP contribution in [0.25, 0.3) is 0 Å². The second-order valence-electron chi connectivity index (χ2n) is 3.73. The summed E-state index contributed by atoms with van der Waals surface area (Å²) >= 11 is 0. The number of nitrogen functional groups attached to an aromatic ring is 1. The Labute approximate surface area is 104 Å². The highest BCUT2D eigenvalue weighted by atomic mass is 16.5.